The number of hydrogen-bond acceptors (Lipinski definition) is 4. The number of allylic oxidation sites excluding steroid dienone is 3. The molecular weight excluding hydrogens is 404 g/mol. The van der Waals surface area contributed by atoms with Crippen LogP contribution >= 0.6 is 0 Å². The highest BCUT2D eigenvalue weighted by molar-refractivity contribution is 5.89. The molecule has 2 aliphatic carbocycles. The van der Waals surface area contributed by atoms with E-state index in [9.17, 15) is 19.8 Å². The van der Waals surface area contributed by atoms with Gasteiger partial charge in [0.25, 0.3) is 0 Å². The Balaban J connectivity index is 1.40. The first kappa shape index (κ1) is 24.4. The lowest BCUT2D eigenvalue weighted by Crippen LogP contribution is -2.18. The van der Waals surface area contributed by atoms with Gasteiger partial charge in [-0.05, 0) is 74.3 Å². The molecule has 0 amide bonds. The number of unbranched alkanes of at least 4 members (excludes halogenated alkanes) is 1. The van der Waals surface area contributed by atoms with Crippen LogP contribution in [0.3, 0.4) is 0 Å². The number of Topliss-reactive ketones (excluding diaryl/α,β-unsaturated/α-hetero) is 1. The minimum atomic E-state index is -0.934. The van der Waals surface area contributed by atoms with Crippen LogP contribution in [0.4, 0.5) is 0 Å². The summed E-state index contributed by atoms with van der Waals surface area (Å²) in [6.45, 7) is 0. The molecule has 5 heteroatoms. The molecule has 0 heterocycles. The number of fused-ring (bicyclic) bond motifs is 1. The van der Waals surface area contributed by atoms with E-state index in [-0.39, 0.29) is 24.0 Å². The highest BCUT2D eigenvalue weighted by atomic mass is 16.4. The SMILES string of the molecule is O=C(O)CCC/C=C\C[C@@H]1CC(O)C(=O)[C@H]1/C=C/[C@@H](O)CCCC1Cc2ccccc2C1. The molecule has 4 atom stereocenters. The lowest BCUT2D eigenvalue weighted by Gasteiger charge is -2.14. The molecule has 1 saturated carbocycles. The lowest BCUT2D eigenvalue weighted by molar-refractivity contribution is -0.137. The van der Waals surface area contributed by atoms with E-state index in [4.69, 9.17) is 5.11 Å². The first-order valence-electron chi connectivity index (χ1n) is 12.0. The molecule has 2 aliphatic rings. The van der Waals surface area contributed by atoms with Crippen molar-refractivity contribution in [1.29, 1.82) is 0 Å². The average molecular weight is 441 g/mol. The summed E-state index contributed by atoms with van der Waals surface area (Å²) >= 11 is 0. The van der Waals surface area contributed by atoms with Crippen molar-refractivity contribution in [3.05, 3.63) is 59.7 Å². The van der Waals surface area contributed by atoms with E-state index in [0.29, 0.717) is 38.0 Å². The van der Waals surface area contributed by atoms with E-state index < -0.39 is 18.2 Å². The third-order valence-corrected chi connectivity index (χ3v) is 6.85. The van der Waals surface area contributed by atoms with Gasteiger partial charge in [0.15, 0.2) is 5.78 Å². The molecule has 0 saturated heterocycles. The second kappa shape index (κ2) is 12.1. The third kappa shape index (κ3) is 7.14. The smallest absolute Gasteiger partial charge is 0.303 e. The summed E-state index contributed by atoms with van der Waals surface area (Å²) in [5.74, 6) is -0.649. The molecule has 0 aromatic heterocycles. The maximum atomic E-state index is 12.4. The van der Waals surface area contributed by atoms with Crippen LogP contribution in [-0.2, 0) is 22.4 Å². The van der Waals surface area contributed by atoms with Crippen LogP contribution in [0.5, 0.6) is 0 Å². The maximum absolute atomic E-state index is 12.4. The minimum Gasteiger partial charge on any atom is -0.481 e. The van der Waals surface area contributed by atoms with E-state index in [0.717, 1.165) is 25.7 Å². The minimum absolute atomic E-state index is 0.0219. The summed E-state index contributed by atoms with van der Waals surface area (Å²) < 4.78 is 0. The molecule has 32 heavy (non-hydrogen) atoms. The van der Waals surface area contributed by atoms with Crippen molar-refractivity contribution in [3.63, 3.8) is 0 Å². The van der Waals surface area contributed by atoms with E-state index in [1.54, 1.807) is 12.2 Å². The van der Waals surface area contributed by atoms with Gasteiger partial charge in [0.05, 0.1) is 6.10 Å². The molecule has 3 rings (SSSR count). The summed E-state index contributed by atoms with van der Waals surface area (Å²) in [6, 6.07) is 8.61. The van der Waals surface area contributed by atoms with Crippen LogP contribution in [0.25, 0.3) is 0 Å². The summed E-state index contributed by atoms with van der Waals surface area (Å²) in [7, 11) is 0. The van der Waals surface area contributed by atoms with Crippen molar-refractivity contribution in [3.8, 4) is 0 Å². The second-order valence-electron chi connectivity index (χ2n) is 9.36. The first-order chi connectivity index (χ1) is 15.4. The fourth-order valence-electron chi connectivity index (χ4n) is 5.07. The Hall–Kier alpha value is -2.24. The fourth-order valence-corrected chi connectivity index (χ4v) is 5.07. The van der Waals surface area contributed by atoms with Gasteiger partial charge in [-0.3, -0.25) is 9.59 Å². The Labute approximate surface area is 190 Å². The molecule has 0 bridgehead atoms. The molecule has 0 spiro atoms. The molecule has 1 aromatic rings. The number of carboxylic acid groups (broad SMARTS) is 1. The van der Waals surface area contributed by atoms with Crippen molar-refractivity contribution in [2.75, 3.05) is 0 Å². The van der Waals surface area contributed by atoms with Gasteiger partial charge in [0.2, 0.25) is 0 Å². The standard InChI is InChI=1S/C27H36O5/c28-23(12-7-8-19-16-20-9-5-6-10-21(20)17-19)14-15-24-22(18-25(29)27(24)32)11-3-1-2-4-13-26(30)31/h1,3,5-6,9-10,14-15,19,22-25,28-29H,2,4,7-8,11-13,16-18H2,(H,30,31)/b3-1-,15-14+/t22-,23+,24+,25?/m1/s1. The van der Waals surface area contributed by atoms with E-state index in [1.165, 1.54) is 11.1 Å². The summed E-state index contributed by atoms with van der Waals surface area (Å²) in [5.41, 5.74) is 2.91. The van der Waals surface area contributed by atoms with E-state index in [2.05, 4.69) is 24.3 Å². The normalized spacial score (nSPS) is 24.6. The van der Waals surface area contributed by atoms with Gasteiger partial charge in [-0.15, -0.1) is 0 Å². The number of ketones is 1. The van der Waals surface area contributed by atoms with Crippen LogP contribution in [0.1, 0.15) is 62.5 Å². The Bertz CT molecular complexity index is 802. The Kier molecular flexibility index (Phi) is 9.24. The van der Waals surface area contributed by atoms with Crippen LogP contribution in [0.15, 0.2) is 48.6 Å². The van der Waals surface area contributed by atoms with Crippen LogP contribution in [0, 0.1) is 17.8 Å². The predicted molar refractivity (Wildman–Crippen MR) is 124 cm³/mol. The van der Waals surface area contributed by atoms with Crippen molar-refractivity contribution >= 4 is 11.8 Å². The quantitative estimate of drug-likeness (QED) is 0.334. The molecule has 1 aromatic carbocycles. The van der Waals surface area contributed by atoms with E-state index >= 15 is 0 Å². The number of benzene rings is 1. The average Bonchev–Trinajstić information content (AvgIpc) is 3.29. The molecular formula is C27H36O5. The zero-order valence-electron chi connectivity index (χ0n) is 18.7. The fraction of sp³-hybridized carbons (Fsp3) is 0.556. The Morgan fingerprint density at radius 2 is 1.84 bits per heavy atom. The Morgan fingerprint density at radius 1 is 1.12 bits per heavy atom. The highest BCUT2D eigenvalue weighted by Crippen LogP contribution is 2.34. The van der Waals surface area contributed by atoms with Crippen LogP contribution in [0.2, 0.25) is 0 Å². The number of carboxylic acids is 1. The third-order valence-electron chi connectivity index (χ3n) is 6.85. The summed E-state index contributed by atoms with van der Waals surface area (Å²) in [4.78, 5) is 22.9. The predicted octanol–water partition coefficient (Wildman–Crippen LogP) is 4.26. The summed E-state index contributed by atoms with van der Waals surface area (Å²) in [5, 5.41) is 29.1. The number of rotatable bonds is 12. The lowest BCUT2D eigenvalue weighted by atomic mass is 9.91. The van der Waals surface area contributed by atoms with Crippen molar-refractivity contribution in [1.82, 2.24) is 0 Å². The zero-order valence-corrected chi connectivity index (χ0v) is 18.7. The molecule has 0 radical (unpaired) electrons. The highest BCUT2D eigenvalue weighted by Gasteiger charge is 2.38. The maximum Gasteiger partial charge on any atom is 0.303 e. The van der Waals surface area contributed by atoms with E-state index in [1.807, 2.05) is 12.2 Å². The molecule has 1 fully saturated rings. The van der Waals surface area contributed by atoms with Crippen LogP contribution < -0.4 is 0 Å². The monoisotopic (exact) mass is 440 g/mol. The topological polar surface area (TPSA) is 94.8 Å². The second-order valence-corrected chi connectivity index (χ2v) is 9.36. The first-order valence-corrected chi connectivity index (χ1v) is 12.0. The van der Waals surface area contributed by atoms with Gasteiger partial charge in [0, 0.05) is 12.3 Å². The van der Waals surface area contributed by atoms with Gasteiger partial charge < -0.3 is 15.3 Å². The number of carbonyl (C=O) groups excluding carboxylic acids is 1. The number of aliphatic hydroxyl groups is 2. The summed E-state index contributed by atoms with van der Waals surface area (Å²) in [6.07, 6.45) is 13.5. The number of aliphatic carboxylic acids is 1. The van der Waals surface area contributed by atoms with Crippen molar-refractivity contribution in [2.45, 2.75) is 76.4 Å². The number of hydrogen-bond donors (Lipinski definition) is 3. The van der Waals surface area contributed by atoms with Gasteiger partial charge in [-0.1, -0.05) is 55.0 Å². The largest absolute Gasteiger partial charge is 0.481 e. The van der Waals surface area contributed by atoms with Crippen molar-refractivity contribution in [2.24, 2.45) is 17.8 Å². The molecule has 5 nitrogen and oxygen atoms in total. The van der Waals surface area contributed by atoms with Gasteiger partial charge >= 0.3 is 5.97 Å². The van der Waals surface area contributed by atoms with Gasteiger partial charge in [-0.25, -0.2) is 0 Å². The molecule has 174 valence electrons. The molecule has 3 N–H and O–H groups in total. The Morgan fingerprint density at radius 3 is 2.53 bits per heavy atom. The number of carbonyl (C=O) groups is 2. The zero-order chi connectivity index (χ0) is 22.9. The van der Waals surface area contributed by atoms with Crippen molar-refractivity contribution < 1.29 is 24.9 Å². The van der Waals surface area contributed by atoms with Gasteiger partial charge in [0.1, 0.15) is 6.10 Å². The van der Waals surface area contributed by atoms with Crippen LogP contribution in [-0.4, -0.2) is 39.3 Å². The number of aliphatic hydroxyl groups excluding tert-OH is 2. The molecule has 0 aliphatic heterocycles. The molecule has 1 unspecified atom stereocenters. The van der Waals surface area contributed by atoms with Gasteiger partial charge in [-0.2, -0.15) is 0 Å².